The number of aromatic amines is 1. The summed E-state index contributed by atoms with van der Waals surface area (Å²) in [4.78, 5) is 26.0. The first kappa shape index (κ1) is 18.2. The van der Waals surface area contributed by atoms with E-state index in [1.807, 2.05) is 18.3 Å². The second kappa shape index (κ2) is 7.46. The van der Waals surface area contributed by atoms with Crippen molar-refractivity contribution in [2.24, 2.45) is 0 Å². The van der Waals surface area contributed by atoms with Crippen LogP contribution in [0.25, 0.3) is 5.57 Å². The molecule has 1 unspecified atom stereocenters. The Hall–Kier alpha value is -3.16. The second-order valence-electron chi connectivity index (χ2n) is 7.32. The lowest BCUT2D eigenvalue weighted by molar-refractivity contribution is -0.125. The monoisotopic (exact) mass is 380 g/mol. The van der Waals surface area contributed by atoms with E-state index < -0.39 is 6.04 Å². The molecule has 1 atom stereocenters. The molecule has 2 N–H and O–H groups in total. The molecule has 8 nitrogen and oxygen atoms in total. The van der Waals surface area contributed by atoms with Crippen LogP contribution in [0.15, 0.2) is 37.2 Å². The summed E-state index contributed by atoms with van der Waals surface area (Å²) in [5.41, 5.74) is 3.19. The van der Waals surface area contributed by atoms with E-state index in [1.165, 1.54) is 18.9 Å². The molecule has 2 aliphatic rings. The Labute approximate surface area is 163 Å². The Morgan fingerprint density at radius 3 is 2.93 bits per heavy atom. The van der Waals surface area contributed by atoms with E-state index in [-0.39, 0.29) is 11.8 Å². The summed E-state index contributed by atoms with van der Waals surface area (Å²) in [6.07, 6.45) is 10.1. The third kappa shape index (κ3) is 3.76. The molecular weight excluding hydrogens is 356 g/mol. The number of carbonyl (C=O) groups excluding carboxylic acids is 2. The molecule has 146 valence electrons. The van der Waals surface area contributed by atoms with Crippen LogP contribution < -0.4 is 5.32 Å². The van der Waals surface area contributed by atoms with Crippen LogP contribution in [0.2, 0.25) is 0 Å². The number of H-pyrrole nitrogens is 1. The number of nitrogens with one attached hydrogen (secondary N) is 2. The summed E-state index contributed by atoms with van der Waals surface area (Å²) in [6.45, 7) is 6.54. The number of nitrogens with zero attached hydrogens (tertiary/aromatic N) is 4. The fourth-order valence-electron chi connectivity index (χ4n) is 3.33. The fraction of sp³-hybridized carbons (Fsp3) is 0.400. The highest BCUT2D eigenvalue weighted by molar-refractivity contribution is 5.92. The maximum Gasteiger partial charge on any atom is 0.250 e. The Balaban J connectivity index is 1.38. The molecule has 2 amide bonds. The van der Waals surface area contributed by atoms with Gasteiger partial charge in [-0.3, -0.25) is 19.4 Å². The third-order valence-electron chi connectivity index (χ3n) is 5.31. The molecule has 1 fully saturated rings. The molecule has 0 spiro atoms. The van der Waals surface area contributed by atoms with Crippen LogP contribution in [0, 0.1) is 0 Å². The van der Waals surface area contributed by atoms with Gasteiger partial charge >= 0.3 is 0 Å². The zero-order valence-corrected chi connectivity index (χ0v) is 15.9. The number of hydrogen-bond acceptors (Lipinski definition) is 4. The molecule has 0 saturated heterocycles. The van der Waals surface area contributed by atoms with E-state index in [0.29, 0.717) is 24.8 Å². The normalized spacial score (nSPS) is 17.8. The maximum atomic E-state index is 12.6. The van der Waals surface area contributed by atoms with Crippen molar-refractivity contribution in [2.45, 2.75) is 38.1 Å². The van der Waals surface area contributed by atoms with Gasteiger partial charge in [0.05, 0.1) is 6.20 Å². The summed E-state index contributed by atoms with van der Waals surface area (Å²) < 4.78 is 1.65. The van der Waals surface area contributed by atoms with Gasteiger partial charge in [0.2, 0.25) is 11.8 Å². The molecular formula is C20H24N6O2. The summed E-state index contributed by atoms with van der Waals surface area (Å²) in [5.74, 6) is 0.891. The largest absolute Gasteiger partial charge is 0.335 e. The average Bonchev–Trinajstić information content (AvgIpc) is 3.26. The van der Waals surface area contributed by atoms with Gasteiger partial charge in [-0.25, -0.2) is 0 Å². The minimum atomic E-state index is -0.460. The number of anilines is 1. The molecule has 1 saturated carbocycles. The highest BCUT2D eigenvalue weighted by atomic mass is 16.2. The van der Waals surface area contributed by atoms with Gasteiger partial charge in [-0.2, -0.15) is 10.2 Å². The molecule has 0 bridgehead atoms. The van der Waals surface area contributed by atoms with Crippen LogP contribution in [0.1, 0.15) is 49.4 Å². The van der Waals surface area contributed by atoms with Crippen molar-refractivity contribution >= 4 is 23.2 Å². The average molecular weight is 380 g/mol. The highest BCUT2D eigenvalue weighted by Crippen LogP contribution is 2.39. The number of aromatic nitrogens is 4. The van der Waals surface area contributed by atoms with Crippen LogP contribution in [-0.2, 0) is 9.59 Å². The topological polar surface area (TPSA) is 95.9 Å². The first-order valence-electron chi connectivity index (χ1n) is 9.56. The van der Waals surface area contributed by atoms with Gasteiger partial charge in [0, 0.05) is 42.5 Å². The van der Waals surface area contributed by atoms with Gasteiger partial charge in [0.15, 0.2) is 5.82 Å². The van der Waals surface area contributed by atoms with Crippen molar-refractivity contribution in [3.63, 3.8) is 0 Å². The van der Waals surface area contributed by atoms with Crippen LogP contribution in [0.4, 0.5) is 5.82 Å². The summed E-state index contributed by atoms with van der Waals surface area (Å²) >= 11 is 0. The molecule has 2 aromatic rings. The second-order valence-corrected chi connectivity index (χ2v) is 7.32. The molecule has 1 aliphatic carbocycles. The van der Waals surface area contributed by atoms with Crippen molar-refractivity contribution in [1.82, 2.24) is 24.9 Å². The zero-order chi connectivity index (χ0) is 19.7. The highest BCUT2D eigenvalue weighted by Gasteiger charge is 2.26. The SMILES string of the molecule is C=CC(=O)N1CC=C(c2cnn(C(C)C(=O)Nc3cc(C4CC4)[nH]n3)c2)CC1. The van der Waals surface area contributed by atoms with Gasteiger partial charge in [-0.15, -0.1) is 0 Å². The lowest BCUT2D eigenvalue weighted by Gasteiger charge is -2.25. The van der Waals surface area contributed by atoms with Gasteiger partial charge in [0.25, 0.3) is 0 Å². The Bertz CT molecular complexity index is 936. The predicted molar refractivity (Wildman–Crippen MR) is 106 cm³/mol. The van der Waals surface area contributed by atoms with E-state index >= 15 is 0 Å². The smallest absolute Gasteiger partial charge is 0.250 e. The molecule has 2 aromatic heterocycles. The molecule has 3 heterocycles. The maximum absolute atomic E-state index is 12.6. The van der Waals surface area contributed by atoms with Gasteiger partial charge in [0.1, 0.15) is 6.04 Å². The van der Waals surface area contributed by atoms with Gasteiger partial charge < -0.3 is 10.2 Å². The van der Waals surface area contributed by atoms with Crippen molar-refractivity contribution in [3.8, 4) is 0 Å². The molecule has 4 rings (SSSR count). The first-order valence-corrected chi connectivity index (χ1v) is 9.56. The molecule has 0 aromatic carbocycles. The van der Waals surface area contributed by atoms with Gasteiger partial charge in [-0.05, 0) is 37.8 Å². The van der Waals surface area contributed by atoms with Crippen molar-refractivity contribution < 1.29 is 9.59 Å². The van der Waals surface area contributed by atoms with Crippen LogP contribution >= 0.6 is 0 Å². The Kier molecular flexibility index (Phi) is 4.85. The lowest BCUT2D eigenvalue weighted by Crippen LogP contribution is -2.33. The first-order chi connectivity index (χ1) is 13.5. The zero-order valence-electron chi connectivity index (χ0n) is 15.9. The lowest BCUT2D eigenvalue weighted by atomic mass is 10.0. The fourth-order valence-corrected chi connectivity index (χ4v) is 3.33. The summed E-state index contributed by atoms with van der Waals surface area (Å²) in [5, 5.41) is 14.4. The van der Waals surface area contributed by atoms with Crippen molar-refractivity contribution in [2.75, 3.05) is 18.4 Å². The standard InChI is InChI=1S/C20H24N6O2/c1-3-19(27)25-8-6-14(7-9-25)16-11-21-26(12-16)13(2)20(28)22-18-10-17(23-24-18)15-4-5-15/h3,6,10-13,15H,1,4-5,7-9H2,2H3,(H2,22,23,24,28). The summed E-state index contributed by atoms with van der Waals surface area (Å²) in [6, 6.07) is 1.44. The Morgan fingerprint density at radius 1 is 1.43 bits per heavy atom. The van der Waals surface area contributed by atoms with E-state index in [0.717, 1.165) is 23.3 Å². The van der Waals surface area contributed by atoms with Gasteiger partial charge in [-0.1, -0.05) is 12.7 Å². The third-order valence-corrected chi connectivity index (χ3v) is 5.31. The van der Waals surface area contributed by atoms with Crippen molar-refractivity contribution in [1.29, 1.82) is 0 Å². The van der Waals surface area contributed by atoms with Crippen LogP contribution in [0.5, 0.6) is 0 Å². The van der Waals surface area contributed by atoms with E-state index in [2.05, 4.69) is 27.2 Å². The number of carbonyl (C=O) groups is 2. The minimum Gasteiger partial charge on any atom is -0.335 e. The van der Waals surface area contributed by atoms with Crippen molar-refractivity contribution in [3.05, 3.63) is 48.4 Å². The molecule has 28 heavy (non-hydrogen) atoms. The Morgan fingerprint density at radius 2 is 2.25 bits per heavy atom. The van der Waals surface area contributed by atoms with Crippen LogP contribution in [-0.4, -0.2) is 49.8 Å². The molecule has 8 heteroatoms. The number of rotatable bonds is 6. The van der Waals surface area contributed by atoms with E-state index in [9.17, 15) is 9.59 Å². The summed E-state index contributed by atoms with van der Waals surface area (Å²) in [7, 11) is 0. The van der Waals surface area contributed by atoms with Crippen LogP contribution in [0.3, 0.4) is 0 Å². The number of hydrogen-bond donors (Lipinski definition) is 2. The number of amides is 2. The van der Waals surface area contributed by atoms with E-state index in [1.54, 1.807) is 22.7 Å². The quantitative estimate of drug-likeness (QED) is 0.753. The minimum absolute atomic E-state index is 0.0560. The molecule has 0 radical (unpaired) electrons. The predicted octanol–water partition coefficient (Wildman–Crippen LogP) is 2.49. The molecule has 1 aliphatic heterocycles. The van der Waals surface area contributed by atoms with E-state index in [4.69, 9.17) is 0 Å².